The van der Waals surface area contributed by atoms with Crippen LogP contribution in [-0.4, -0.2) is 32.8 Å². The molecule has 2 rings (SSSR count). The van der Waals surface area contributed by atoms with E-state index >= 15 is 0 Å². The molecule has 0 spiro atoms. The Morgan fingerprint density at radius 2 is 1.85 bits per heavy atom. The number of ether oxygens (including phenoxy) is 2. The van der Waals surface area contributed by atoms with Crippen LogP contribution in [0.5, 0.6) is 11.5 Å². The summed E-state index contributed by atoms with van der Waals surface area (Å²) in [6, 6.07) is 16.1. The second-order valence-electron chi connectivity index (χ2n) is 5.76. The molecule has 0 aliphatic carbocycles. The van der Waals surface area contributed by atoms with Gasteiger partial charge < -0.3 is 20.1 Å². The van der Waals surface area contributed by atoms with Crippen molar-refractivity contribution < 1.29 is 9.47 Å². The summed E-state index contributed by atoms with van der Waals surface area (Å²) in [5.41, 5.74) is 2.31. The number of rotatable bonds is 9. The fourth-order valence-electron chi connectivity index (χ4n) is 2.61. The summed E-state index contributed by atoms with van der Waals surface area (Å²) >= 11 is 0. The zero-order valence-corrected chi connectivity index (χ0v) is 18.7. The normalized spacial score (nSPS) is 10.7. The van der Waals surface area contributed by atoms with Gasteiger partial charge in [0.05, 0.1) is 20.3 Å². The summed E-state index contributed by atoms with van der Waals surface area (Å²) in [6.07, 6.45) is 0.875. The standard InChI is InChI=1S/C21H29N3O2.HI/c1-4-22-21(24-16-17-9-8-11-19(15-17)25-3)23-14-13-18-10-6-7-12-20(18)26-5-2;/h6-12,15H,4-5,13-14,16H2,1-3H3,(H2,22,23,24);1H. The Morgan fingerprint density at radius 1 is 1.04 bits per heavy atom. The maximum Gasteiger partial charge on any atom is 0.191 e. The first-order chi connectivity index (χ1) is 12.8. The summed E-state index contributed by atoms with van der Waals surface area (Å²) in [7, 11) is 1.67. The minimum Gasteiger partial charge on any atom is -0.497 e. The number of benzene rings is 2. The number of guanidine groups is 1. The van der Waals surface area contributed by atoms with Crippen molar-refractivity contribution in [3.63, 3.8) is 0 Å². The van der Waals surface area contributed by atoms with Gasteiger partial charge in [-0.25, -0.2) is 4.99 Å². The smallest absolute Gasteiger partial charge is 0.191 e. The molecule has 0 radical (unpaired) electrons. The van der Waals surface area contributed by atoms with Gasteiger partial charge in [0.1, 0.15) is 11.5 Å². The highest BCUT2D eigenvalue weighted by Gasteiger charge is 2.03. The molecule has 2 aromatic rings. The molecule has 0 fully saturated rings. The predicted molar refractivity (Wildman–Crippen MR) is 123 cm³/mol. The van der Waals surface area contributed by atoms with E-state index in [4.69, 9.17) is 9.47 Å². The average Bonchev–Trinajstić information content (AvgIpc) is 2.68. The van der Waals surface area contributed by atoms with Gasteiger partial charge >= 0.3 is 0 Å². The molecule has 0 atom stereocenters. The zero-order chi connectivity index (χ0) is 18.6. The van der Waals surface area contributed by atoms with Gasteiger partial charge in [-0.2, -0.15) is 0 Å². The number of hydrogen-bond acceptors (Lipinski definition) is 3. The van der Waals surface area contributed by atoms with Crippen LogP contribution in [0.15, 0.2) is 53.5 Å². The Morgan fingerprint density at radius 3 is 2.59 bits per heavy atom. The molecule has 0 saturated heterocycles. The molecule has 0 heterocycles. The molecule has 27 heavy (non-hydrogen) atoms. The molecule has 0 bridgehead atoms. The van der Waals surface area contributed by atoms with Crippen molar-refractivity contribution in [3.8, 4) is 11.5 Å². The lowest BCUT2D eigenvalue weighted by atomic mass is 10.1. The summed E-state index contributed by atoms with van der Waals surface area (Å²) in [5, 5.41) is 6.67. The summed E-state index contributed by atoms with van der Waals surface area (Å²) in [4.78, 5) is 4.66. The topological polar surface area (TPSA) is 54.9 Å². The van der Waals surface area contributed by atoms with Gasteiger partial charge in [-0.05, 0) is 49.6 Å². The number of halogens is 1. The van der Waals surface area contributed by atoms with Crippen LogP contribution in [-0.2, 0) is 13.0 Å². The van der Waals surface area contributed by atoms with Crippen molar-refractivity contribution in [2.45, 2.75) is 26.8 Å². The molecular weight excluding hydrogens is 453 g/mol. The predicted octanol–water partition coefficient (Wildman–Crippen LogP) is 4.01. The fraction of sp³-hybridized carbons (Fsp3) is 0.381. The lowest BCUT2D eigenvalue weighted by Crippen LogP contribution is -2.38. The first-order valence-corrected chi connectivity index (χ1v) is 9.12. The van der Waals surface area contributed by atoms with Gasteiger partial charge in [-0.3, -0.25) is 0 Å². The van der Waals surface area contributed by atoms with E-state index in [0.717, 1.165) is 42.5 Å². The van der Waals surface area contributed by atoms with Crippen molar-refractivity contribution in [2.24, 2.45) is 4.99 Å². The van der Waals surface area contributed by atoms with Gasteiger partial charge in [0, 0.05) is 13.1 Å². The largest absolute Gasteiger partial charge is 0.497 e. The Labute approximate surface area is 179 Å². The second-order valence-corrected chi connectivity index (χ2v) is 5.76. The number of nitrogens with zero attached hydrogens (tertiary/aromatic N) is 1. The van der Waals surface area contributed by atoms with Crippen molar-refractivity contribution in [3.05, 3.63) is 59.7 Å². The highest BCUT2D eigenvalue weighted by molar-refractivity contribution is 14.0. The van der Waals surface area contributed by atoms with Crippen molar-refractivity contribution in [1.29, 1.82) is 0 Å². The van der Waals surface area contributed by atoms with Crippen LogP contribution >= 0.6 is 24.0 Å². The van der Waals surface area contributed by atoms with Gasteiger partial charge in [0.2, 0.25) is 0 Å². The number of nitrogens with one attached hydrogen (secondary N) is 2. The van der Waals surface area contributed by atoms with E-state index in [9.17, 15) is 0 Å². The van der Waals surface area contributed by atoms with Crippen LogP contribution in [0, 0.1) is 0 Å². The average molecular weight is 483 g/mol. The van der Waals surface area contributed by atoms with Crippen LogP contribution in [0.2, 0.25) is 0 Å². The van der Waals surface area contributed by atoms with E-state index in [1.54, 1.807) is 7.11 Å². The van der Waals surface area contributed by atoms with Gasteiger partial charge in [0.25, 0.3) is 0 Å². The van der Waals surface area contributed by atoms with Gasteiger partial charge in [-0.15, -0.1) is 24.0 Å². The quantitative estimate of drug-likeness (QED) is 0.322. The zero-order valence-electron chi connectivity index (χ0n) is 16.3. The summed E-state index contributed by atoms with van der Waals surface area (Å²) in [5.74, 6) is 2.61. The third-order valence-corrected chi connectivity index (χ3v) is 3.86. The van der Waals surface area contributed by atoms with Crippen molar-refractivity contribution in [1.82, 2.24) is 10.6 Å². The minimum atomic E-state index is 0. The van der Waals surface area contributed by atoms with E-state index < -0.39 is 0 Å². The molecule has 0 aromatic heterocycles. The molecular formula is C21H30IN3O2. The lowest BCUT2D eigenvalue weighted by molar-refractivity contribution is 0.336. The van der Waals surface area contributed by atoms with E-state index in [1.807, 2.05) is 49.4 Å². The number of aliphatic imine (C=N–C) groups is 1. The lowest BCUT2D eigenvalue weighted by Gasteiger charge is -2.13. The Balaban J connectivity index is 0.00000364. The van der Waals surface area contributed by atoms with Gasteiger partial charge in [-0.1, -0.05) is 30.3 Å². The minimum absolute atomic E-state index is 0. The van der Waals surface area contributed by atoms with Crippen LogP contribution < -0.4 is 20.1 Å². The van der Waals surface area contributed by atoms with Crippen LogP contribution in [0.4, 0.5) is 0 Å². The highest BCUT2D eigenvalue weighted by atomic mass is 127. The monoisotopic (exact) mass is 483 g/mol. The molecule has 2 N–H and O–H groups in total. The van der Waals surface area contributed by atoms with Crippen molar-refractivity contribution >= 4 is 29.9 Å². The fourth-order valence-corrected chi connectivity index (χ4v) is 2.61. The maximum absolute atomic E-state index is 5.68. The molecule has 0 saturated carbocycles. The molecule has 0 aliphatic heterocycles. The van der Waals surface area contributed by atoms with E-state index in [0.29, 0.717) is 13.2 Å². The Hall–Kier alpha value is -1.96. The molecule has 0 aliphatic rings. The first kappa shape index (κ1) is 23.1. The molecule has 148 valence electrons. The molecule has 2 aromatic carbocycles. The maximum atomic E-state index is 5.68. The highest BCUT2D eigenvalue weighted by Crippen LogP contribution is 2.18. The second kappa shape index (κ2) is 13.2. The Bertz CT molecular complexity index is 707. The van der Waals surface area contributed by atoms with Crippen LogP contribution in [0.25, 0.3) is 0 Å². The summed E-state index contributed by atoms with van der Waals surface area (Å²) < 4.78 is 10.9. The SMILES string of the molecule is CCNC(=NCc1cccc(OC)c1)NCCc1ccccc1OCC.I. The van der Waals surface area contributed by atoms with E-state index in [2.05, 4.69) is 28.6 Å². The number of hydrogen-bond donors (Lipinski definition) is 2. The molecule has 0 unspecified atom stereocenters. The summed E-state index contributed by atoms with van der Waals surface area (Å²) in [6.45, 7) is 6.95. The first-order valence-electron chi connectivity index (χ1n) is 9.12. The van der Waals surface area contributed by atoms with E-state index in [-0.39, 0.29) is 24.0 Å². The van der Waals surface area contributed by atoms with Gasteiger partial charge in [0.15, 0.2) is 5.96 Å². The third-order valence-electron chi connectivity index (χ3n) is 3.86. The number of para-hydroxylation sites is 1. The van der Waals surface area contributed by atoms with E-state index in [1.165, 1.54) is 5.56 Å². The number of methoxy groups -OCH3 is 1. The van der Waals surface area contributed by atoms with Crippen LogP contribution in [0.3, 0.4) is 0 Å². The third kappa shape index (κ3) is 8.07. The Kier molecular flexibility index (Phi) is 11.3. The van der Waals surface area contributed by atoms with Crippen molar-refractivity contribution in [2.75, 3.05) is 26.8 Å². The molecule has 5 nitrogen and oxygen atoms in total. The molecule has 0 amide bonds. The van der Waals surface area contributed by atoms with Crippen LogP contribution in [0.1, 0.15) is 25.0 Å². The molecule has 6 heteroatoms.